The van der Waals surface area contributed by atoms with Gasteiger partial charge in [0, 0.05) is 19.6 Å². The Labute approximate surface area is 114 Å². The maximum absolute atomic E-state index is 12.3. The third kappa shape index (κ3) is 4.18. The van der Waals surface area contributed by atoms with Gasteiger partial charge in [-0.1, -0.05) is 0 Å². The number of carbonyl (C=O) groups is 2. The number of carboxylic acid groups (broad SMARTS) is 1. The Hall–Kier alpha value is -1.14. The largest absolute Gasteiger partial charge is 0.480 e. The van der Waals surface area contributed by atoms with Gasteiger partial charge in [0.25, 0.3) is 0 Å². The van der Waals surface area contributed by atoms with E-state index in [0.717, 1.165) is 32.6 Å². The number of rotatable bonds is 5. The Bertz CT molecular complexity index is 323. The van der Waals surface area contributed by atoms with Crippen LogP contribution < -0.4 is 5.32 Å². The van der Waals surface area contributed by atoms with Gasteiger partial charge >= 0.3 is 5.97 Å². The van der Waals surface area contributed by atoms with E-state index >= 15 is 0 Å². The lowest BCUT2D eigenvalue weighted by Gasteiger charge is -2.35. The number of hydrogen-bond donors (Lipinski definition) is 2. The highest BCUT2D eigenvalue weighted by Crippen LogP contribution is 2.15. The molecule has 0 saturated carbocycles. The summed E-state index contributed by atoms with van der Waals surface area (Å²) in [5.74, 6) is -1.09. The highest BCUT2D eigenvalue weighted by Gasteiger charge is 2.37. The lowest BCUT2D eigenvalue weighted by atomic mass is 10.0. The zero-order valence-corrected chi connectivity index (χ0v) is 12.1. The van der Waals surface area contributed by atoms with Crippen LogP contribution in [0.3, 0.4) is 0 Å². The van der Waals surface area contributed by atoms with Gasteiger partial charge in [-0.15, -0.1) is 0 Å². The van der Waals surface area contributed by atoms with E-state index in [1.54, 1.807) is 13.8 Å². The van der Waals surface area contributed by atoms with Gasteiger partial charge in [-0.25, -0.2) is 4.79 Å². The molecule has 0 aliphatic carbocycles. The average molecular weight is 271 g/mol. The fraction of sp³-hybridized carbons (Fsp3) is 0.846. The minimum atomic E-state index is -1.16. The van der Waals surface area contributed by atoms with Crippen LogP contribution in [0.4, 0.5) is 0 Å². The predicted octanol–water partition coefficient (Wildman–Crippen LogP) is -0.00660. The molecule has 2 N–H and O–H groups in total. The second-order valence-corrected chi connectivity index (χ2v) is 5.38. The zero-order valence-electron chi connectivity index (χ0n) is 12.1. The van der Waals surface area contributed by atoms with E-state index < -0.39 is 11.5 Å². The summed E-state index contributed by atoms with van der Waals surface area (Å²) in [6.07, 6.45) is 1.02. The first-order valence-electron chi connectivity index (χ1n) is 6.86. The molecule has 0 bridgehead atoms. The predicted molar refractivity (Wildman–Crippen MR) is 73.0 cm³/mol. The van der Waals surface area contributed by atoms with Crippen molar-refractivity contribution in [2.45, 2.75) is 32.7 Å². The van der Waals surface area contributed by atoms with Crippen molar-refractivity contribution in [1.29, 1.82) is 0 Å². The Balaban J connectivity index is 2.65. The summed E-state index contributed by atoms with van der Waals surface area (Å²) in [7, 11) is 0. The Morgan fingerprint density at radius 3 is 2.58 bits per heavy atom. The van der Waals surface area contributed by atoms with Crippen molar-refractivity contribution in [3.8, 4) is 0 Å². The number of carboxylic acids is 1. The van der Waals surface area contributed by atoms with E-state index in [0.29, 0.717) is 13.1 Å². The number of nitrogens with zero attached hydrogens (tertiary/aromatic N) is 2. The summed E-state index contributed by atoms with van der Waals surface area (Å²) in [4.78, 5) is 27.1. The van der Waals surface area contributed by atoms with Gasteiger partial charge in [-0.3, -0.25) is 9.69 Å². The Kier molecular flexibility index (Phi) is 5.75. The molecule has 0 aromatic heterocycles. The fourth-order valence-corrected chi connectivity index (χ4v) is 2.34. The number of aliphatic carboxylic acids is 1. The number of hydrogen-bond acceptors (Lipinski definition) is 4. The molecular formula is C13H25N3O3. The van der Waals surface area contributed by atoms with Crippen molar-refractivity contribution in [2.24, 2.45) is 0 Å². The standard InChI is InChI=1S/C13H25N3O3/c1-4-16(13(2,3)12(18)19)11(17)10-15-8-5-6-14-7-9-15/h14H,4-10H2,1-3H3,(H,18,19). The van der Waals surface area contributed by atoms with Crippen LogP contribution in [-0.2, 0) is 9.59 Å². The molecule has 1 rings (SSSR count). The summed E-state index contributed by atoms with van der Waals surface area (Å²) in [5.41, 5.74) is -1.16. The molecular weight excluding hydrogens is 246 g/mol. The van der Waals surface area contributed by atoms with Gasteiger partial charge in [-0.05, 0) is 40.3 Å². The van der Waals surface area contributed by atoms with Crippen molar-refractivity contribution in [3.63, 3.8) is 0 Å². The molecule has 6 heteroatoms. The molecule has 1 fully saturated rings. The molecule has 110 valence electrons. The Morgan fingerprint density at radius 2 is 2.00 bits per heavy atom. The molecule has 0 aromatic carbocycles. The van der Waals surface area contributed by atoms with E-state index in [-0.39, 0.29) is 5.91 Å². The average Bonchev–Trinajstić information content (AvgIpc) is 2.57. The van der Waals surface area contributed by atoms with E-state index in [2.05, 4.69) is 10.2 Å². The lowest BCUT2D eigenvalue weighted by Crippen LogP contribution is -2.55. The van der Waals surface area contributed by atoms with Gasteiger partial charge < -0.3 is 15.3 Å². The molecule has 1 heterocycles. The molecule has 1 saturated heterocycles. The van der Waals surface area contributed by atoms with Crippen LogP contribution >= 0.6 is 0 Å². The van der Waals surface area contributed by atoms with Gasteiger partial charge in [0.05, 0.1) is 6.54 Å². The molecule has 0 atom stereocenters. The van der Waals surface area contributed by atoms with Gasteiger partial charge in [0.1, 0.15) is 5.54 Å². The van der Waals surface area contributed by atoms with Crippen molar-refractivity contribution in [1.82, 2.24) is 15.1 Å². The second-order valence-electron chi connectivity index (χ2n) is 5.38. The second kappa shape index (κ2) is 6.86. The van der Waals surface area contributed by atoms with Crippen LogP contribution in [-0.4, -0.2) is 71.6 Å². The summed E-state index contributed by atoms with van der Waals surface area (Å²) >= 11 is 0. The van der Waals surface area contributed by atoms with Gasteiger partial charge in [0.15, 0.2) is 0 Å². The van der Waals surface area contributed by atoms with Crippen LogP contribution in [0.1, 0.15) is 27.2 Å². The highest BCUT2D eigenvalue weighted by atomic mass is 16.4. The van der Waals surface area contributed by atoms with Crippen LogP contribution in [0.15, 0.2) is 0 Å². The maximum atomic E-state index is 12.3. The highest BCUT2D eigenvalue weighted by molar-refractivity contribution is 5.87. The van der Waals surface area contributed by atoms with Crippen LogP contribution in [0, 0.1) is 0 Å². The first-order chi connectivity index (χ1) is 8.89. The summed E-state index contributed by atoms with van der Waals surface area (Å²) < 4.78 is 0. The molecule has 0 unspecified atom stereocenters. The van der Waals surface area contributed by atoms with Crippen molar-refractivity contribution < 1.29 is 14.7 Å². The minimum absolute atomic E-state index is 0.114. The molecule has 1 aliphatic heterocycles. The first-order valence-corrected chi connectivity index (χ1v) is 6.86. The fourth-order valence-electron chi connectivity index (χ4n) is 2.34. The van der Waals surface area contributed by atoms with E-state index in [4.69, 9.17) is 0 Å². The number of nitrogens with one attached hydrogen (secondary N) is 1. The first kappa shape index (κ1) is 15.9. The SMILES string of the molecule is CCN(C(=O)CN1CCCNCC1)C(C)(C)C(=O)O. The quantitative estimate of drug-likeness (QED) is 0.736. The molecule has 0 spiro atoms. The number of amides is 1. The van der Waals surface area contributed by atoms with Crippen molar-refractivity contribution >= 4 is 11.9 Å². The monoisotopic (exact) mass is 271 g/mol. The zero-order chi connectivity index (χ0) is 14.5. The summed E-state index contributed by atoms with van der Waals surface area (Å²) in [5, 5.41) is 12.5. The molecule has 0 radical (unpaired) electrons. The summed E-state index contributed by atoms with van der Waals surface area (Å²) in [6.45, 7) is 9.22. The van der Waals surface area contributed by atoms with Crippen molar-refractivity contribution in [3.05, 3.63) is 0 Å². The molecule has 1 aliphatic rings. The van der Waals surface area contributed by atoms with E-state index in [1.165, 1.54) is 4.90 Å². The third-order valence-corrected chi connectivity index (χ3v) is 3.61. The van der Waals surface area contributed by atoms with E-state index in [1.807, 2.05) is 6.92 Å². The number of likely N-dealkylation sites (N-methyl/N-ethyl adjacent to an activating group) is 1. The minimum Gasteiger partial charge on any atom is -0.480 e. The molecule has 1 amide bonds. The number of carbonyl (C=O) groups excluding carboxylic acids is 1. The normalized spacial score (nSPS) is 17.8. The van der Waals surface area contributed by atoms with Crippen LogP contribution in [0.5, 0.6) is 0 Å². The third-order valence-electron chi connectivity index (χ3n) is 3.61. The van der Waals surface area contributed by atoms with Crippen LogP contribution in [0.2, 0.25) is 0 Å². The summed E-state index contributed by atoms with van der Waals surface area (Å²) in [6, 6.07) is 0. The Morgan fingerprint density at radius 1 is 1.32 bits per heavy atom. The molecule has 6 nitrogen and oxygen atoms in total. The molecule has 19 heavy (non-hydrogen) atoms. The topological polar surface area (TPSA) is 72.9 Å². The van der Waals surface area contributed by atoms with Gasteiger partial charge in [0.2, 0.25) is 5.91 Å². The maximum Gasteiger partial charge on any atom is 0.329 e. The smallest absolute Gasteiger partial charge is 0.329 e. The van der Waals surface area contributed by atoms with Crippen molar-refractivity contribution in [2.75, 3.05) is 39.3 Å². The van der Waals surface area contributed by atoms with E-state index in [9.17, 15) is 14.7 Å². The van der Waals surface area contributed by atoms with Gasteiger partial charge in [-0.2, -0.15) is 0 Å². The molecule has 0 aromatic rings. The van der Waals surface area contributed by atoms with Crippen LogP contribution in [0.25, 0.3) is 0 Å². The lowest BCUT2D eigenvalue weighted by molar-refractivity contribution is -0.157.